The molecule has 0 saturated heterocycles. The minimum Gasteiger partial charge on any atom is -0.396 e. The lowest BCUT2D eigenvalue weighted by Crippen LogP contribution is -2.03. The Kier molecular flexibility index (Phi) is 5.70. The van der Waals surface area contributed by atoms with E-state index < -0.39 is 0 Å². The van der Waals surface area contributed by atoms with Crippen molar-refractivity contribution in [2.75, 3.05) is 6.61 Å². The molecule has 1 nitrogen and oxygen atoms in total. The molecule has 1 heteroatoms. The summed E-state index contributed by atoms with van der Waals surface area (Å²) in [5.41, 5.74) is 0. The molecule has 0 saturated carbocycles. The van der Waals surface area contributed by atoms with Gasteiger partial charge in [-0.3, -0.25) is 0 Å². The highest BCUT2D eigenvalue weighted by Gasteiger charge is 2.05. The van der Waals surface area contributed by atoms with Crippen LogP contribution in [-0.4, -0.2) is 11.7 Å². The summed E-state index contributed by atoms with van der Waals surface area (Å²) in [4.78, 5) is 0. The van der Waals surface area contributed by atoms with E-state index in [1.54, 1.807) is 0 Å². The van der Waals surface area contributed by atoms with E-state index in [-0.39, 0.29) is 0 Å². The van der Waals surface area contributed by atoms with Gasteiger partial charge in [0.1, 0.15) is 0 Å². The first kappa shape index (κ1) is 9.96. The van der Waals surface area contributed by atoms with Crippen LogP contribution < -0.4 is 0 Å². The third-order valence-corrected chi connectivity index (χ3v) is 2.12. The van der Waals surface area contributed by atoms with E-state index in [0.29, 0.717) is 12.5 Å². The second-order valence-electron chi connectivity index (χ2n) is 3.37. The lowest BCUT2D eigenvalue weighted by atomic mass is 9.93. The Hall–Kier alpha value is -0.0400. The van der Waals surface area contributed by atoms with Gasteiger partial charge in [0.25, 0.3) is 0 Å². The van der Waals surface area contributed by atoms with Crippen molar-refractivity contribution in [2.45, 2.75) is 40.0 Å². The average Bonchev–Trinajstić information content (AvgIpc) is 1.88. The van der Waals surface area contributed by atoms with Crippen molar-refractivity contribution in [1.82, 2.24) is 0 Å². The van der Waals surface area contributed by atoms with Crippen LogP contribution >= 0.6 is 0 Å². The van der Waals surface area contributed by atoms with Gasteiger partial charge in [0, 0.05) is 6.61 Å². The van der Waals surface area contributed by atoms with Crippen molar-refractivity contribution >= 4 is 0 Å². The molecule has 0 fully saturated rings. The first-order valence-electron chi connectivity index (χ1n) is 4.31. The zero-order valence-electron chi connectivity index (χ0n) is 7.43. The highest BCUT2D eigenvalue weighted by atomic mass is 16.2. The summed E-state index contributed by atoms with van der Waals surface area (Å²) in [6, 6.07) is 0. The summed E-state index contributed by atoms with van der Waals surface area (Å²) < 4.78 is 0. The maximum Gasteiger partial charge on any atom is 0.0433 e. The van der Waals surface area contributed by atoms with E-state index in [9.17, 15) is 0 Å². The molecule has 0 aromatic carbocycles. The summed E-state index contributed by atoms with van der Waals surface area (Å²) in [7, 11) is 0. The van der Waals surface area contributed by atoms with Gasteiger partial charge in [-0.2, -0.15) is 0 Å². The molecule has 0 amide bonds. The molecule has 0 aliphatic carbocycles. The third-order valence-electron chi connectivity index (χ3n) is 2.12. The predicted molar refractivity (Wildman–Crippen MR) is 44.9 cm³/mol. The topological polar surface area (TPSA) is 20.2 Å². The molecule has 1 N–H and O–H groups in total. The van der Waals surface area contributed by atoms with Crippen molar-refractivity contribution in [3.8, 4) is 0 Å². The van der Waals surface area contributed by atoms with Crippen LogP contribution in [0.5, 0.6) is 0 Å². The molecule has 62 valence electrons. The van der Waals surface area contributed by atoms with Crippen molar-refractivity contribution in [3.63, 3.8) is 0 Å². The second kappa shape index (κ2) is 5.72. The molecule has 0 heterocycles. The van der Waals surface area contributed by atoms with Gasteiger partial charge in [0.15, 0.2) is 0 Å². The van der Waals surface area contributed by atoms with Crippen molar-refractivity contribution in [2.24, 2.45) is 11.8 Å². The predicted octanol–water partition coefficient (Wildman–Crippen LogP) is 2.44. The zero-order valence-corrected chi connectivity index (χ0v) is 7.43. The lowest BCUT2D eigenvalue weighted by molar-refractivity contribution is 0.247. The van der Waals surface area contributed by atoms with Crippen molar-refractivity contribution < 1.29 is 5.11 Å². The average molecular weight is 144 g/mol. The fourth-order valence-corrected chi connectivity index (χ4v) is 1.19. The fraction of sp³-hybridized carbons (Fsp3) is 1.00. The van der Waals surface area contributed by atoms with Gasteiger partial charge in [0.2, 0.25) is 0 Å². The molecule has 0 aromatic heterocycles. The van der Waals surface area contributed by atoms with E-state index >= 15 is 0 Å². The molecule has 0 aliphatic rings. The molecule has 0 aromatic rings. The summed E-state index contributed by atoms with van der Waals surface area (Å²) >= 11 is 0. The minimum atomic E-state index is 0.345. The number of aliphatic hydroxyl groups excluding tert-OH is 1. The molecule has 0 aliphatic heterocycles. The molecule has 0 spiro atoms. The van der Waals surface area contributed by atoms with E-state index in [1.165, 1.54) is 12.8 Å². The van der Waals surface area contributed by atoms with Crippen LogP contribution in [0.15, 0.2) is 0 Å². The first-order chi connectivity index (χ1) is 4.70. The van der Waals surface area contributed by atoms with Crippen LogP contribution in [0.2, 0.25) is 0 Å². The van der Waals surface area contributed by atoms with E-state index in [4.69, 9.17) is 5.11 Å². The Balaban J connectivity index is 3.27. The zero-order chi connectivity index (χ0) is 7.98. The molecule has 0 radical (unpaired) electrons. The number of hydrogen-bond donors (Lipinski definition) is 1. The van der Waals surface area contributed by atoms with E-state index in [0.717, 1.165) is 12.3 Å². The van der Waals surface area contributed by atoms with Gasteiger partial charge in [-0.05, 0) is 24.7 Å². The van der Waals surface area contributed by atoms with Gasteiger partial charge in [-0.25, -0.2) is 0 Å². The summed E-state index contributed by atoms with van der Waals surface area (Å²) in [6.07, 6.45) is 3.48. The van der Waals surface area contributed by atoms with E-state index in [2.05, 4.69) is 20.8 Å². The summed E-state index contributed by atoms with van der Waals surface area (Å²) in [5.74, 6) is 1.52. The normalized spacial score (nSPS) is 16.8. The van der Waals surface area contributed by atoms with Crippen molar-refractivity contribution in [3.05, 3.63) is 0 Å². The lowest BCUT2D eigenvalue weighted by Gasteiger charge is -2.13. The molecule has 10 heavy (non-hydrogen) atoms. The van der Waals surface area contributed by atoms with Gasteiger partial charge < -0.3 is 5.11 Å². The quantitative estimate of drug-likeness (QED) is 0.628. The van der Waals surface area contributed by atoms with Crippen LogP contribution in [0.4, 0.5) is 0 Å². The maximum absolute atomic E-state index is 8.62. The van der Waals surface area contributed by atoms with Gasteiger partial charge in [0.05, 0.1) is 0 Å². The standard InChI is InChI=1S/C9H20O/c1-4-8(2)7-9(3)5-6-10/h8-10H,4-7H2,1-3H3/t8-,9-/m1/s1. The minimum absolute atomic E-state index is 0.345. The third kappa shape index (κ3) is 4.80. The molecular formula is C9H20O. The molecule has 0 unspecified atom stereocenters. The Morgan fingerprint density at radius 2 is 1.80 bits per heavy atom. The van der Waals surface area contributed by atoms with Crippen LogP contribution in [0.1, 0.15) is 40.0 Å². The smallest absolute Gasteiger partial charge is 0.0433 e. The summed E-state index contributed by atoms with van der Waals surface area (Å²) in [5, 5.41) is 8.62. The van der Waals surface area contributed by atoms with Crippen LogP contribution in [0, 0.1) is 11.8 Å². The first-order valence-corrected chi connectivity index (χ1v) is 4.31. The van der Waals surface area contributed by atoms with Crippen molar-refractivity contribution in [1.29, 1.82) is 0 Å². The molecule has 0 rings (SSSR count). The molecule has 0 bridgehead atoms. The maximum atomic E-state index is 8.62. The SMILES string of the molecule is CC[C@@H](C)C[C@H](C)CCO. The number of aliphatic hydroxyl groups is 1. The van der Waals surface area contributed by atoms with Crippen LogP contribution in [0.25, 0.3) is 0 Å². The number of hydrogen-bond acceptors (Lipinski definition) is 1. The highest BCUT2D eigenvalue weighted by Crippen LogP contribution is 2.16. The molecule has 2 atom stereocenters. The van der Waals surface area contributed by atoms with Gasteiger partial charge >= 0.3 is 0 Å². The Labute approximate surface area is 64.5 Å². The Morgan fingerprint density at radius 3 is 2.20 bits per heavy atom. The fourth-order valence-electron chi connectivity index (χ4n) is 1.19. The second-order valence-corrected chi connectivity index (χ2v) is 3.37. The number of rotatable bonds is 5. The van der Waals surface area contributed by atoms with Crippen LogP contribution in [-0.2, 0) is 0 Å². The van der Waals surface area contributed by atoms with Crippen LogP contribution in [0.3, 0.4) is 0 Å². The molecular weight excluding hydrogens is 124 g/mol. The Bertz CT molecular complexity index is 71.1. The highest BCUT2D eigenvalue weighted by molar-refractivity contribution is 4.57. The van der Waals surface area contributed by atoms with Gasteiger partial charge in [-0.15, -0.1) is 0 Å². The summed E-state index contributed by atoms with van der Waals surface area (Å²) in [6.45, 7) is 7.05. The monoisotopic (exact) mass is 144 g/mol. The Morgan fingerprint density at radius 1 is 1.20 bits per heavy atom. The largest absolute Gasteiger partial charge is 0.396 e. The van der Waals surface area contributed by atoms with Gasteiger partial charge in [-0.1, -0.05) is 27.2 Å². The van der Waals surface area contributed by atoms with E-state index in [1.807, 2.05) is 0 Å².